The Labute approximate surface area is 84.5 Å². The summed E-state index contributed by atoms with van der Waals surface area (Å²) in [6.45, 7) is 2.30. The molecule has 0 spiro atoms. The number of nitrogens with zero attached hydrogens (tertiary/aromatic N) is 2. The summed E-state index contributed by atoms with van der Waals surface area (Å²) < 4.78 is 0. The van der Waals surface area contributed by atoms with Crippen LogP contribution in [0.25, 0.3) is 0 Å². The second kappa shape index (κ2) is 5.10. The van der Waals surface area contributed by atoms with Crippen molar-refractivity contribution in [2.45, 2.75) is 32.1 Å². The van der Waals surface area contributed by atoms with Crippen molar-refractivity contribution >= 4 is 0 Å². The first-order valence-corrected chi connectivity index (χ1v) is 5.50. The quantitative estimate of drug-likeness (QED) is 0.667. The van der Waals surface area contributed by atoms with Gasteiger partial charge in [0.05, 0.1) is 0 Å². The van der Waals surface area contributed by atoms with E-state index in [1.165, 1.54) is 25.8 Å². The highest BCUT2D eigenvalue weighted by Crippen LogP contribution is 2.24. The maximum absolute atomic E-state index is 4.08. The van der Waals surface area contributed by atoms with Crippen LogP contribution in [0.2, 0.25) is 0 Å². The van der Waals surface area contributed by atoms with Gasteiger partial charge in [-0.25, -0.2) is 4.98 Å². The molecule has 1 aliphatic rings. The standard InChI is InChI=1S/C10H18N4/c1-3-9(4-1)7-11-6-2-5-10-12-8-13-14-10/h8-9,11H,1-7H2,(H,12,13,14). The fraction of sp³-hybridized carbons (Fsp3) is 0.800. The highest BCUT2D eigenvalue weighted by molar-refractivity contribution is 4.80. The number of rotatable bonds is 6. The third kappa shape index (κ3) is 2.80. The second-order valence-electron chi connectivity index (χ2n) is 4.04. The molecule has 1 saturated carbocycles. The SMILES string of the molecule is c1n[nH]c(CCCNCC2CCC2)n1. The van der Waals surface area contributed by atoms with Crippen LogP contribution in [0.15, 0.2) is 6.33 Å². The molecule has 78 valence electrons. The maximum Gasteiger partial charge on any atom is 0.137 e. The molecule has 14 heavy (non-hydrogen) atoms. The molecule has 1 aromatic heterocycles. The summed E-state index contributed by atoms with van der Waals surface area (Å²) in [4.78, 5) is 4.08. The van der Waals surface area contributed by atoms with Gasteiger partial charge in [-0.3, -0.25) is 5.10 Å². The number of hydrogen-bond donors (Lipinski definition) is 2. The van der Waals surface area contributed by atoms with Crippen LogP contribution in [-0.4, -0.2) is 28.3 Å². The number of aryl methyl sites for hydroxylation is 1. The van der Waals surface area contributed by atoms with Crippen molar-refractivity contribution in [1.29, 1.82) is 0 Å². The van der Waals surface area contributed by atoms with E-state index < -0.39 is 0 Å². The molecule has 1 aromatic rings. The topological polar surface area (TPSA) is 53.6 Å². The predicted octanol–water partition coefficient (Wildman–Crippen LogP) is 1.13. The number of H-pyrrole nitrogens is 1. The van der Waals surface area contributed by atoms with Gasteiger partial charge < -0.3 is 5.32 Å². The maximum atomic E-state index is 4.08. The Morgan fingerprint density at radius 2 is 2.43 bits per heavy atom. The molecule has 0 unspecified atom stereocenters. The Hall–Kier alpha value is -0.900. The van der Waals surface area contributed by atoms with Crippen LogP contribution in [0.4, 0.5) is 0 Å². The van der Waals surface area contributed by atoms with Crippen LogP contribution in [0.1, 0.15) is 31.5 Å². The van der Waals surface area contributed by atoms with Crippen LogP contribution >= 0.6 is 0 Å². The summed E-state index contributed by atoms with van der Waals surface area (Å²) >= 11 is 0. The van der Waals surface area contributed by atoms with Gasteiger partial charge in [-0.1, -0.05) is 6.42 Å². The van der Waals surface area contributed by atoms with E-state index in [9.17, 15) is 0 Å². The predicted molar refractivity (Wildman–Crippen MR) is 54.9 cm³/mol. The largest absolute Gasteiger partial charge is 0.316 e. The van der Waals surface area contributed by atoms with Gasteiger partial charge in [0, 0.05) is 6.42 Å². The summed E-state index contributed by atoms with van der Waals surface area (Å²) in [7, 11) is 0. The Morgan fingerprint density at radius 3 is 3.07 bits per heavy atom. The zero-order valence-electron chi connectivity index (χ0n) is 8.50. The average Bonchev–Trinajstić information content (AvgIpc) is 2.60. The van der Waals surface area contributed by atoms with Crippen molar-refractivity contribution in [2.75, 3.05) is 13.1 Å². The van der Waals surface area contributed by atoms with Gasteiger partial charge >= 0.3 is 0 Å². The normalized spacial score (nSPS) is 16.9. The van der Waals surface area contributed by atoms with Gasteiger partial charge in [0.2, 0.25) is 0 Å². The van der Waals surface area contributed by atoms with E-state index in [1.54, 1.807) is 6.33 Å². The first kappa shape index (κ1) is 9.65. The molecule has 4 nitrogen and oxygen atoms in total. The molecule has 4 heteroatoms. The molecule has 0 saturated heterocycles. The van der Waals surface area contributed by atoms with E-state index in [2.05, 4.69) is 20.5 Å². The minimum Gasteiger partial charge on any atom is -0.316 e. The molecule has 1 heterocycles. The van der Waals surface area contributed by atoms with E-state index in [0.29, 0.717) is 0 Å². The monoisotopic (exact) mass is 194 g/mol. The van der Waals surface area contributed by atoms with Crippen LogP contribution in [0.3, 0.4) is 0 Å². The molecule has 0 aliphatic heterocycles. The lowest BCUT2D eigenvalue weighted by molar-refractivity contribution is 0.302. The number of nitrogens with one attached hydrogen (secondary N) is 2. The first-order chi connectivity index (χ1) is 6.95. The van der Waals surface area contributed by atoms with Crippen LogP contribution in [0, 0.1) is 5.92 Å². The summed E-state index contributed by atoms with van der Waals surface area (Å²) in [5.41, 5.74) is 0. The van der Waals surface area contributed by atoms with E-state index >= 15 is 0 Å². The fourth-order valence-corrected chi connectivity index (χ4v) is 1.74. The number of aromatic amines is 1. The summed E-state index contributed by atoms with van der Waals surface area (Å²) in [6.07, 6.45) is 7.99. The molecular weight excluding hydrogens is 176 g/mol. The molecule has 2 N–H and O–H groups in total. The minimum absolute atomic E-state index is 0.959. The molecule has 1 fully saturated rings. The third-order valence-electron chi connectivity index (χ3n) is 2.89. The van der Waals surface area contributed by atoms with Crippen molar-refractivity contribution in [3.63, 3.8) is 0 Å². The van der Waals surface area contributed by atoms with E-state index in [1.807, 2.05) is 0 Å². The Balaban J connectivity index is 1.47. The zero-order valence-corrected chi connectivity index (χ0v) is 8.50. The minimum atomic E-state index is 0.959. The molecule has 0 radical (unpaired) electrons. The summed E-state index contributed by atoms with van der Waals surface area (Å²) in [6, 6.07) is 0. The Bertz CT molecular complexity index is 241. The molecule has 0 aromatic carbocycles. The van der Waals surface area contributed by atoms with E-state index in [0.717, 1.165) is 31.1 Å². The summed E-state index contributed by atoms with van der Waals surface area (Å²) in [5, 5.41) is 10.2. The highest BCUT2D eigenvalue weighted by atomic mass is 15.2. The lowest BCUT2D eigenvalue weighted by atomic mass is 9.85. The van der Waals surface area contributed by atoms with E-state index in [-0.39, 0.29) is 0 Å². The number of hydrogen-bond acceptors (Lipinski definition) is 3. The van der Waals surface area contributed by atoms with Gasteiger partial charge in [0.25, 0.3) is 0 Å². The Kier molecular flexibility index (Phi) is 3.51. The lowest BCUT2D eigenvalue weighted by Crippen LogP contribution is -2.28. The van der Waals surface area contributed by atoms with Gasteiger partial charge in [-0.2, -0.15) is 5.10 Å². The van der Waals surface area contributed by atoms with Crippen molar-refractivity contribution in [3.05, 3.63) is 12.2 Å². The fourth-order valence-electron chi connectivity index (χ4n) is 1.74. The first-order valence-electron chi connectivity index (χ1n) is 5.50. The van der Waals surface area contributed by atoms with Crippen molar-refractivity contribution in [2.24, 2.45) is 5.92 Å². The Morgan fingerprint density at radius 1 is 1.50 bits per heavy atom. The van der Waals surface area contributed by atoms with Crippen LogP contribution < -0.4 is 5.32 Å². The summed E-state index contributed by atoms with van der Waals surface area (Å²) in [5.74, 6) is 1.95. The van der Waals surface area contributed by atoms with Crippen molar-refractivity contribution in [3.8, 4) is 0 Å². The third-order valence-corrected chi connectivity index (χ3v) is 2.89. The van der Waals surface area contributed by atoms with Crippen LogP contribution in [-0.2, 0) is 6.42 Å². The van der Waals surface area contributed by atoms with E-state index in [4.69, 9.17) is 0 Å². The van der Waals surface area contributed by atoms with Gasteiger partial charge in [0.1, 0.15) is 12.2 Å². The number of aromatic nitrogens is 3. The molecular formula is C10H18N4. The highest BCUT2D eigenvalue weighted by Gasteiger charge is 2.15. The smallest absolute Gasteiger partial charge is 0.137 e. The van der Waals surface area contributed by atoms with Crippen LogP contribution in [0.5, 0.6) is 0 Å². The van der Waals surface area contributed by atoms with Gasteiger partial charge in [-0.15, -0.1) is 0 Å². The second-order valence-corrected chi connectivity index (χ2v) is 4.04. The molecule has 0 bridgehead atoms. The van der Waals surface area contributed by atoms with Crippen molar-refractivity contribution < 1.29 is 0 Å². The lowest BCUT2D eigenvalue weighted by Gasteiger charge is -2.25. The molecule has 1 aliphatic carbocycles. The average molecular weight is 194 g/mol. The molecule has 2 rings (SSSR count). The van der Waals surface area contributed by atoms with Gasteiger partial charge in [0.15, 0.2) is 0 Å². The van der Waals surface area contributed by atoms with Crippen molar-refractivity contribution in [1.82, 2.24) is 20.5 Å². The zero-order chi connectivity index (χ0) is 9.64. The molecule has 0 amide bonds. The van der Waals surface area contributed by atoms with Gasteiger partial charge in [-0.05, 0) is 38.3 Å². The molecule has 0 atom stereocenters.